The molecule has 1 aromatic heterocycles. The lowest BCUT2D eigenvalue weighted by Gasteiger charge is -2.34. The first-order valence-corrected chi connectivity index (χ1v) is 10.0. The zero-order valence-corrected chi connectivity index (χ0v) is 16.2. The molecule has 7 nitrogen and oxygen atoms in total. The Kier molecular flexibility index (Phi) is 5.55. The predicted molar refractivity (Wildman–Crippen MR) is 110 cm³/mol. The zero-order chi connectivity index (χ0) is 19.3. The lowest BCUT2D eigenvalue weighted by Crippen LogP contribution is -2.47. The van der Waals surface area contributed by atoms with Gasteiger partial charge in [0.25, 0.3) is 5.91 Å². The number of aromatic nitrogens is 2. The fraction of sp³-hybridized carbons (Fsp3) is 0.300. The molecule has 1 amide bonds. The minimum atomic E-state index is -0.202. The maximum atomic E-state index is 12.4. The highest BCUT2D eigenvalue weighted by Crippen LogP contribution is 2.32. The van der Waals surface area contributed by atoms with Crippen LogP contribution in [-0.4, -0.2) is 63.8 Å². The number of hydrogen-bond donors (Lipinski definition) is 1. The standard InChI is InChI=1S/C20H20N6OS/c21-7-4-8-25-9-11-26(12-10-25)20-23-19(27)17(28-20)13-16-14-22-24-18(16)15-5-2-1-3-6-15/h1-3,5-6,13-14H,4,8-12H2,(H,22,24)/b17-13+. The van der Waals surface area contributed by atoms with Gasteiger partial charge in [0.1, 0.15) is 0 Å². The van der Waals surface area contributed by atoms with Gasteiger partial charge in [0.15, 0.2) is 5.17 Å². The predicted octanol–water partition coefficient (Wildman–Crippen LogP) is 2.58. The molecule has 28 heavy (non-hydrogen) atoms. The summed E-state index contributed by atoms with van der Waals surface area (Å²) in [5.74, 6) is -0.202. The summed E-state index contributed by atoms with van der Waals surface area (Å²) in [5.41, 5.74) is 2.79. The van der Waals surface area contributed by atoms with E-state index >= 15 is 0 Å². The van der Waals surface area contributed by atoms with Gasteiger partial charge < -0.3 is 4.90 Å². The highest BCUT2D eigenvalue weighted by atomic mass is 32.2. The summed E-state index contributed by atoms with van der Waals surface area (Å²) in [6.07, 6.45) is 4.14. The second-order valence-electron chi connectivity index (χ2n) is 6.61. The van der Waals surface area contributed by atoms with Crippen molar-refractivity contribution < 1.29 is 4.79 Å². The Labute approximate surface area is 167 Å². The van der Waals surface area contributed by atoms with Gasteiger partial charge in [0, 0.05) is 50.3 Å². The SMILES string of the molecule is N#CCCN1CCN(C2=NC(=O)/C(=C\c3cn[nH]c3-c3ccccc3)S2)CC1. The van der Waals surface area contributed by atoms with Crippen molar-refractivity contribution in [2.24, 2.45) is 4.99 Å². The summed E-state index contributed by atoms with van der Waals surface area (Å²) in [6.45, 7) is 4.21. The van der Waals surface area contributed by atoms with Crippen molar-refractivity contribution in [3.8, 4) is 17.3 Å². The number of carbonyl (C=O) groups excluding carboxylic acids is 1. The first-order chi connectivity index (χ1) is 13.7. The van der Waals surface area contributed by atoms with Gasteiger partial charge in [-0.05, 0) is 17.8 Å². The second-order valence-corrected chi connectivity index (χ2v) is 7.62. The number of H-pyrrole nitrogens is 1. The van der Waals surface area contributed by atoms with E-state index in [4.69, 9.17) is 5.26 Å². The van der Waals surface area contributed by atoms with E-state index in [0.29, 0.717) is 11.3 Å². The molecular formula is C20H20N6OS. The molecule has 2 aliphatic rings. The highest BCUT2D eigenvalue weighted by molar-refractivity contribution is 8.18. The van der Waals surface area contributed by atoms with E-state index in [0.717, 1.165) is 54.7 Å². The number of nitriles is 1. The lowest BCUT2D eigenvalue weighted by molar-refractivity contribution is -0.113. The molecule has 4 rings (SSSR count). The van der Waals surface area contributed by atoms with Gasteiger partial charge in [-0.1, -0.05) is 30.3 Å². The molecule has 3 heterocycles. The fourth-order valence-electron chi connectivity index (χ4n) is 3.29. The number of aromatic amines is 1. The number of carbonyl (C=O) groups is 1. The van der Waals surface area contributed by atoms with Gasteiger partial charge in [-0.3, -0.25) is 14.8 Å². The number of aliphatic imine (C=N–C) groups is 1. The molecule has 0 radical (unpaired) electrons. The van der Waals surface area contributed by atoms with Crippen LogP contribution in [0.3, 0.4) is 0 Å². The van der Waals surface area contributed by atoms with Gasteiger partial charge in [-0.15, -0.1) is 0 Å². The minimum absolute atomic E-state index is 0.202. The van der Waals surface area contributed by atoms with Crippen molar-refractivity contribution in [1.82, 2.24) is 20.0 Å². The third kappa shape index (κ3) is 4.01. The van der Waals surface area contributed by atoms with Crippen molar-refractivity contribution in [3.05, 3.63) is 47.0 Å². The van der Waals surface area contributed by atoms with Gasteiger partial charge in [-0.25, -0.2) is 0 Å². The van der Waals surface area contributed by atoms with E-state index in [9.17, 15) is 4.79 Å². The third-order valence-electron chi connectivity index (χ3n) is 4.81. The molecule has 1 saturated heterocycles. The Morgan fingerprint density at radius 1 is 1.21 bits per heavy atom. The molecule has 0 atom stereocenters. The Morgan fingerprint density at radius 2 is 2.00 bits per heavy atom. The smallest absolute Gasteiger partial charge is 0.286 e. The van der Waals surface area contributed by atoms with E-state index in [1.54, 1.807) is 6.20 Å². The van der Waals surface area contributed by atoms with E-state index in [1.165, 1.54) is 11.8 Å². The second kappa shape index (κ2) is 8.42. The van der Waals surface area contributed by atoms with Gasteiger partial charge in [0.2, 0.25) is 0 Å². The molecule has 2 aliphatic heterocycles. The Morgan fingerprint density at radius 3 is 2.75 bits per heavy atom. The number of nitrogens with zero attached hydrogens (tertiary/aromatic N) is 5. The first-order valence-electron chi connectivity index (χ1n) is 9.20. The fourth-order valence-corrected chi connectivity index (χ4v) is 4.24. The molecule has 0 saturated carbocycles. The summed E-state index contributed by atoms with van der Waals surface area (Å²) in [4.78, 5) is 21.7. The average molecular weight is 392 g/mol. The van der Waals surface area contributed by atoms with Crippen molar-refractivity contribution in [1.29, 1.82) is 5.26 Å². The summed E-state index contributed by atoms with van der Waals surface area (Å²) >= 11 is 1.42. The maximum absolute atomic E-state index is 12.4. The van der Waals surface area contributed by atoms with Gasteiger partial charge in [-0.2, -0.15) is 15.4 Å². The lowest BCUT2D eigenvalue weighted by atomic mass is 10.1. The number of rotatable bonds is 4. The van der Waals surface area contributed by atoms with Crippen molar-refractivity contribution in [2.45, 2.75) is 6.42 Å². The molecule has 1 aromatic carbocycles. The molecule has 8 heteroatoms. The zero-order valence-electron chi connectivity index (χ0n) is 15.3. The molecule has 1 fully saturated rings. The number of amides is 1. The topological polar surface area (TPSA) is 88.4 Å². The number of hydrogen-bond acceptors (Lipinski definition) is 6. The average Bonchev–Trinajstić information content (AvgIpc) is 3.34. The third-order valence-corrected chi connectivity index (χ3v) is 5.85. The van der Waals surface area contributed by atoms with Gasteiger partial charge >= 0.3 is 0 Å². The van der Waals surface area contributed by atoms with Crippen molar-refractivity contribution in [2.75, 3.05) is 32.7 Å². The van der Waals surface area contributed by atoms with Crippen LogP contribution >= 0.6 is 11.8 Å². The van der Waals surface area contributed by atoms with Crippen LogP contribution in [0.5, 0.6) is 0 Å². The number of thioether (sulfide) groups is 1. The molecule has 0 unspecified atom stereocenters. The number of nitrogens with one attached hydrogen (secondary N) is 1. The first kappa shape index (κ1) is 18.5. The highest BCUT2D eigenvalue weighted by Gasteiger charge is 2.28. The summed E-state index contributed by atoms with van der Waals surface area (Å²) in [6, 6.07) is 12.1. The van der Waals surface area contributed by atoms with Crippen LogP contribution in [0, 0.1) is 11.3 Å². The van der Waals surface area contributed by atoms with Crippen LogP contribution in [0.1, 0.15) is 12.0 Å². The summed E-state index contributed by atoms with van der Waals surface area (Å²) in [7, 11) is 0. The van der Waals surface area contributed by atoms with Crippen LogP contribution in [0.4, 0.5) is 0 Å². The van der Waals surface area contributed by atoms with Crippen LogP contribution in [0.15, 0.2) is 46.4 Å². The van der Waals surface area contributed by atoms with E-state index in [1.807, 2.05) is 36.4 Å². The largest absolute Gasteiger partial charge is 0.348 e. The van der Waals surface area contributed by atoms with E-state index < -0.39 is 0 Å². The number of amidine groups is 1. The monoisotopic (exact) mass is 392 g/mol. The van der Waals surface area contributed by atoms with Crippen LogP contribution in [-0.2, 0) is 4.79 Å². The summed E-state index contributed by atoms with van der Waals surface area (Å²) < 4.78 is 0. The number of benzene rings is 1. The summed E-state index contributed by atoms with van der Waals surface area (Å²) in [5, 5.41) is 16.6. The van der Waals surface area contributed by atoms with Crippen LogP contribution < -0.4 is 0 Å². The normalized spacial score (nSPS) is 19.1. The number of piperazine rings is 1. The van der Waals surface area contributed by atoms with Crippen molar-refractivity contribution in [3.63, 3.8) is 0 Å². The van der Waals surface area contributed by atoms with Crippen LogP contribution in [0.2, 0.25) is 0 Å². The Hall–Kier alpha value is -2.89. The molecule has 142 valence electrons. The van der Waals surface area contributed by atoms with E-state index in [2.05, 4.69) is 31.1 Å². The molecule has 0 bridgehead atoms. The van der Waals surface area contributed by atoms with E-state index in [-0.39, 0.29) is 5.91 Å². The molecule has 0 aliphatic carbocycles. The minimum Gasteiger partial charge on any atom is -0.348 e. The van der Waals surface area contributed by atoms with Crippen LogP contribution in [0.25, 0.3) is 17.3 Å². The molecule has 0 spiro atoms. The Balaban J connectivity index is 1.44. The van der Waals surface area contributed by atoms with Gasteiger partial charge in [0.05, 0.1) is 22.9 Å². The molecule has 1 N–H and O–H groups in total. The van der Waals surface area contributed by atoms with Crippen molar-refractivity contribution >= 4 is 28.9 Å². The molecule has 2 aromatic rings. The molecular weight excluding hydrogens is 372 g/mol. The maximum Gasteiger partial charge on any atom is 0.286 e. The quantitative estimate of drug-likeness (QED) is 0.805. The Bertz CT molecular complexity index is 951.